The molecule has 2 aromatic rings. The first-order valence-electron chi connectivity index (χ1n) is 10.8. The Labute approximate surface area is 187 Å². The number of hydrogen-bond donors (Lipinski definition) is 1. The highest BCUT2D eigenvalue weighted by molar-refractivity contribution is 6.03. The maximum absolute atomic E-state index is 13.2. The fourth-order valence-electron chi connectivity index (χ4n) is 4.30. The minimum Gasteiger partial charge on any atom is -0.497 e. The molecule has 0 bridgehead atoms. The Kier molecular flexibility index (Phi) is 6.59. The zero-order valence-corrected chi connectivity index (χ0v) is 18.4. The van der Waals surface area contributed by atoms with Crippen molar-refractivity contribution in [2.45, 2.75) is 32.1 Å². The summed E-state index contributed by atoms with van der Waals surface area (Å²) >= 11 is 0. The molecule has 0 aromatic heterocycles. The molecular weight excluding hydrogens is 406 g/mol. The van der Waals surface area contributed by atoms with Gasteiger partial charge >= 0.3 is 5.97 Å². The third-order valence-electron chi connectivity index (χ3n) is 5.75. The van der Waals surface area contributed by atoms with E-state index in [1.54, 1.807) is 7.11 Å². The molecule has 6 nitrogen and oxygen atoms in total. The standard InChI is InChI=1S/C26H27NO5/c1-17-23(26(29)32-15-14-31-19-9-4-3-5-10-19)24(18-8-6-11-20(16-18)30-2)25-21(27-17)12-7-13-22(25)28/h3-6,8-11,16,24,27H,7,12-15H2,1-2H3/t24-/m1/s1. The van der Waals surface area contributed by atoms with E-state index < -0.39 is 11.9 Å². The minimum absolute atomic E-state index is 0.0665. The van der Waals surface area contributed by atoms with Crippen LogP contribution in [0.5, 0.6) is 11.5 Å². The summed E-state index contributed by atoms with van der Waals surface area (Å²) in [5.41, 5.74) is 3.55. The van der Waals surface area contributed by atoms with E-state index in [0.29, 0.717) is 29.0 Å². The summed E-state index contributed by atoms with van der Waals surface area (Å²) in [7, 11) is 1.60. The van der Waals surface area contributed by atoms with Crippen molar-refractivity contribution in [3.05, 3.63) is 82.7 Å². The normalized spacial score (nSPS) is 18.1. The van der Waals surface area contributed by atoms with Crippen LogP contribution in [0.25, 0.3) is 0 Å². The van der Waals surface area contributed by atoms with Crippen LogP contribution in [0.3, 0.4) is 0 Å². The van der Waals surface area contributed by atoms with Crippen molar-refractivity contribution < 1.29 is 23.8 Å². The Balaban J connectivity index is 1.58. The number of dihydropyridines is 1. The highest BCUT2D eigenvalue weighted by atomic mass is 16.6. The Bertz CT molecular complexity index is 1070. The number of allylic oxidation sites excluding steroid dienone is 3. The van der Waals surface area contributed by atoms with Crippen LogP contribution >= 0.6 is 0 Å². The van der Waals surface area contributed by atoms with E-state index in [1.807, 2.05) is 61.5 Å². The number of ketones is 1. The highest BCUT2D eigenvalue weighted by Crippen LogP contribution is 2.43. The van der Waals surface area contributed by atoms with Crippen LogP contribution in [0.15, 0.2) is 77.1 Å². The number of nitrogens with one attached hydrogen (secondary N) is 1. The zero-order valence-electron chi connectivity index (χ0n) is 18.4. The maximum Gasteiger partial charge on any atom is 0.336 e. The molecule has 0 amide bonds. The lowest BCUT2D eigenvalue weighted by atomic mass is 9.75. The van der Waals surface area contributed by atoms with Gasteiger partial charge in [0.05, 0.1) is 12.7 Å². The van der Waals surface area contributed by atoms with Crippen molar-refractivity contribution >= 4 is 11.8 Å². The number of para-hydroxylation sites is 1. The number of Topliss-reactive ketones (excluding diaryl/α,β-unsaturated/α-hetero) is 1. The Morgan fingerprint density at radius 2 is 1.81 bits per heavy atom. The number of ether oxygens (including phenoxy) is 3. The third-order valence-corrected chi connectivity index (χ3v) is 5.75. The molecule has 1 heterocycles. The smallest absolute Gasteiger partial charge is 0.336 e. The second-order valence-corrected chi connectivity index (χ2v) is 7.84. The molecule has 0 spiro atoms. The van der Waals surface area contributed by atoms with E-state index in [4.69, 9.17) is 14.2 Å². The molecule has 6 heteroatoms. The monoisotopic (exact) mass is 433 g/mol. The van der Waals surface area contributed by atoms with Gasteiger partial charge in [-0.15, -0.1) is 0 Å². The number of esters is 1. The second kappa shape index (κ2) is 9.73. The molecule has 1 aliphatic carbocycles. The number of hydrogen-bond acceptors (Lipinski definition) is 6. The van der Waals surface area contributed by atoms with Crippen LogP contribution in [0.2, 0.25) is 0 Å². The van der Waals surface area contributed by atoms with E-state index in [9.17, 15) is 9.59 Å². The number of benzene rings is 2. The van der Waals surface area contributed by atoms with Crippen LogP contribution in [0.1, 0.15) is 37.7 Å². The lowest BCUT2D eigenvalue weighted by molar-refractivity contribution is -0.140. The Hall–Kier alpha value is -3.54. The average Bonchev–Trinajstić information content (AvgIpc) is 2.81. The molecule has 166 valence electrons. The van der Waals surface area contributed by atoms with Gasteiger partial charge in [0.15, 0.2) is 5.78 Å². The molecule has 2 aromatic carbocycles. The molecule has 0 saturated carbocycles. The van der Waals surface area contributed by atoms with Gasteiger partial charge in [-0.2, -0.15) is 0 Å². The lowest BCUT2D eigenvalue weighted by Gasteiger charge is -2.34. The van der Waals surface area contributed by atoms with Gasteiger partial charge in [0.2, 0.25) is 0 Å². The lowest BCUT2D eigenvalue weighted by Crippen LogP contribution is -2.34. The van der Waals surface area contributed by atoms with Crippen molar-refractivity contribution in [1.29, 1.82) is 0 Å². The molecular formula is C26H27NO5. The van der Waals surface area contributed by atoms with Crippen molar-refractivity contribution in [1.82, 2.24) is 5.32 Å². The largest absolute Gasteiger partial charge is 0.497 e. The molecule has 0 radical (unpaired) electrons. The number of rotatable bonds is 7. The SMILES string of the molecule is COc1cccc([C@@H]2C(C(=O)OCCOc3ccccc3)=C(C)NC3=C2C(=O)CCC3)c1. The van der Waals surface area contributed by atoms with Crippen molar-refractivity contribution in [2.75, 3.05) is 20.3 Å². The summed E-state index contributed by atoms with van der Waals surface area (Å²) < 4.78 is 16.6. The van der Waals surface area contributed by atoms with Gasteiger partial charge in [0.25, 0.3) is 0 Å². The van der Waals surface area contributed by atoms with E-state index >= 15 is 0 Å². The molecule has 1 aliphatic heterocycles. The fraction of sp³-hybridized carbons (Fsp3) is 0.308. The first kappa shape index (κ1) is 21.7. The summed E-state index contributed by atoms with van der Waals surface area (Å²) in [6, 6.07) is 16.9. The summed E-state index contributed by atoms with van der Waals surface area (Å²) in [5, 5.41) is 3.30. The van der Waals surface area contributed by atoms with Gasteiger partial charge in [-0.05, 0) is 49.6 Å². The molecule has 0 saturated heterocycles. The average molecular weight is 434 g/mol. The molecule has 4 rings (SSSR count). The Morgan fingerprint density at radius 1 is 1.03 bits per heavy atom. The van der Waals surface area contributed by atoms with Crippen LogP contribution in [-0.2, 0) is 14.3 Å². The van der Waals surface area contributed by atoms with Gasteiger partial charge < -0.3 is 19.5 Å². The van der Waals surface area contributed by atoms with Gasteiger partial charge in [0, 0.05) is 29.3 Å². The predicted molar refractivity (Wildman–Crippen MR) is 120 cm³/mol. The molecule has 0 unspecified atom stereocenters. The molecule has 32 heavy (non-hydrogen) atoms. The summed E-state index contributed by atoms with van der Waals surface area (Å²) in [5.74, 6) is 0.515. The topological polar surface area (TPSA) is 73.9 Å². The second-order valence-electron chi connectivity index (χ2n) is 7.84. The highest BCUT2D eigenvalue weighted by Gasteiger charge is 2.39. The maximum atomic E-state index is 13.2. The third kappa shape index (κ3) is 4.54. The van der Waals surface area contributed by atoms with E-state index in [1.165, 1.54) is 0 Å². The molecule has 1 N–H and O–H groups in total. The van der Waals surface area contributed by atoms with E-state index in [0.717, 1.165) is 29.9 Å². The van der Waals surface area contributed by atoms with Gasteiger partial charge in [-0.3, -0.25) is 4.79 Å². The quantitative estimate of drug-likeness (QED) is 0.519. The summed E-state index contributed by atoms with van der Waals surface area (Å²) in [6.45, 7) is 2.20. The number of methoxy groups -OCH3 is 1. The zero-order chi connectivity index (χ0) is 22.5. The van der Waals surface area contributed by atoms with Gasteiger partial charge in [-0.1, -0.05) is 30.3 Å². The van der Waals surface area contributed by atoms with Crippen LogP contribution < -0.4 is 14.8 Å². The number of carbonyl (C=O) groups excluding carboxylic acids is 2. The summed E-state index contributed by atoms with van der Waals surface area (Å²) in [6.07, 6.45) is 2.07. The minimum atomic E-state index is -0.489. The van der Waals surface area contributed by atoms with Crippen molar-refractivity contribution in [3.63, 3.8) is 0 Å². The van der Waals surface area contributed by atoms with E-state index in [2.05, 4.69) is 5.32 Å². The van der Waals surface area contributed by atoms with Crippen LogP contribution in [-0.4, -0.2) is 32.1 Å². The fourth-order valence-corrected chi connectivity index (χ4v) is 4.30. The first-order chi connectivity index (χ1) is 15.6. The summed E-state index contributed by atoms with van der Waals surface area (Å²) in [4.78, 5) is 26.1. The molecule has 1 atom stereocenters. The van der Waals surface area contributed by atoms with Gasteiger partial charge in [0.1, 0.15) is 24.7 Å². The number of carbonyl (C=O) groups is 2. The van der Waals surface area contributed by atoms with Gasteiger partial charge in [-0.25, -0.2) is 4.79 Å². The molecule has 0 fully saturated rings. The van der Waals surface area contributed by atoms with Crippen molar-refractivity contribution in [3.8, 4) is 11.5 Å². The van der Waals surface area contributed by atoms with E-state index in [-0.39, 0.29) is 19.0 Å². The van der Waals surface area contributed by atoms with Crippen LogP contribution in [0.4, 0.5) is 0 Å². The Morgan fingerprint density at radius 3 is 2.59 bits per heavy atom. The predicted octanol–water partition coefficient (Wildman–Crippen LogP) is 4.29. The van der Waals surface area contributed by atoms with Crippen molar-refractivity contribution in [2.24, 2.45) is 0 Å². The first-order valence-corrected chi connectivity index (χ1v) is 10.8. The molecule has 2 aliphatic rings. The van der Waals surface area contributed by atoms with Crippen LogP contribution in [0, 0.1) is 0 Å².